The normalized spacial score (nSPS) is 12.1. The summed E-state index contributed by atoms with van der Waals surface area (Å²) in [6, 6.07) is 5.27. The summed E-state index contributed by atoms with van der Waals surface area (Å²) >= 11 is -1.97. The molecule has 29 heavy (non-hydrogen) atoms. The van der Waals surface area contributed by atoms with Crippen molar-refractivity contribution < 1.29 is 22.5 Å². The van der Waals surface area contributed by atoms with Crippen LogP contribution in [0.25, 0.3) is 11.3 Å². The van der Waals surface area contributed by atoms with Crippen molar-refractivity contribution in [1.29, 1.82) is 0 Å². The third kappa shape index (κ3) is 4.50. The Hall–Kier alpha value is -3.09. The molecule has 0 amide bonds. The Balaban J connectivity index is 1.98. The summed E-state index contributed by atoms with van der Waals surface area (Å²) in [6.45, 7) is 0. The minimum Gasteiger partial charge on any atom is -0.573 e. The van der Waals surface area contributed by atoms with Crippen molar-refractivity contribution in [3.63, 3.8) is 0 Å². The van der Waals surface area contributed by atoms with Crippen molar-refractivity contribution in [2.45, 2.75) is 0 Å². The number of hydrogen-bond acceptors (Lipinski definition) is 8. The van der Waals surface area contributed by atoms with Gasteiger partial charge in [-0.15, -0.1) is 4.31 Å². The topological polar surface area (TPSA) is 112 Å². The molecule has 0 spiro atoms. The molecule has 0 aliphatic carbocycles. The smallest absolute Gasteiger partial charge is 0.228 e. The van der Waals surface area contributed by atoms with Gasteiger partial charge >= 0.3 is 0 Å². The molecule has 0 saturated carbocycles. The van der Waals surface area contributed by atoms with Crippen molar-refractivity contribution in [3.05, 3.63) is 54.1 Å². The lowest BCUT2D eigenvalue weighted by Gasteiger charge is -2.17. The van der Waals surface area contributed by atoms with Crippen molar-refractivity contribution >= 4 is 23.2 Å². The number of pyridine rings is 1. The number of nitrogen functional groups attached to an aromatic ring is 1. The summed E-state index contributed by atoms with van der Waals surface area (Å²) in [7, 11) is 2.82. The Bertz CT molecular complexity index is 1040. The van der Waals surface area contributed by atoms with Crippen molar-refractivity contribution in [2.75, 3.05) is 24.6 Å². The van der Waals surface area contributed by atoms with Crippen molar-refractivity contribution in [3.8, 4) is 22.9 Å². The molecular formula is C17H15F3N6O2S. The van der Waals surface area contributed by atoms with E-state index in [1.807, 2.05) is 0 Å². The second kappa shape index (κ2) is 8.51. The molecule has 3 N–H and O–H groups in total. The summed E-state index contributed by atoms with van der Waals surface area (Å²) in [5.74, 6) is -5.17. The molecule has 2 heterocycles. The highest BCUT2D eigenvalue weighted by atomic mass is 32.2. The number of rotatable bonds is 6. The molecule has 12 heteroatoms. The summed E-state index contributed by atoms with van der Waals surface area (Å²) in [6.07, 6.45) is 2.75. The van der Waals surface area contributed by atoms with E-state index in [1.165, 1.54) is 32.6 Å². The van der Waals surface area contributed by atoms with E-state index < -0.39 is 40.4 Å². The monoisotopic (exact) mass is 424 g/mol. The zero-order valence-electron chi connectivity index (χ0n) is 15.2. The van der Waals surface area contributed by atoms with Crippen molar-refractivity contribution in [2.24, 2.45) is 0 Å². The molecule has 0 radical (unpaired) electrons. The quantitative estimate of drug-likeness (QED) is 0.459. The van der Waals surface area contributed by atoms with E-state index in [0.717, 1.165) is 4.31 Å². The second-order valence-corrected chi connectivity index (χ2v) is 7.21. The molecule has 1 atom stereocenters. The first-order valence-electron chi connectivity index (χ1n) is 8.03. The van der Waals surface area contributed by atoms with Gasteiger partial charge in [-0.1, -0.05) is 0 Å². The van der Waals surface area contributed by atoms with E-state index in [0.29, 0.717) is 17.3 Å². The van der Waals surface area contributed by atoms with Gasteiger partial charge in [0.05, 0.1) is 11.3 Å². The largest absolute Gasteiger partial charge is 0.573 e. The first-order chi connectivity index (χ1) is 13.8. The van der Waals surface area contributed by atoms with Gasteiger partial charge in [0.25, 0.3) is 0 Å². The molecule has 0 aliphatic rings. The number of benzene rings is 1. The van der Waals surface area contributed by atoms with Gasteiger partial charge in [0.2, 0.25) is 17.6 Å². The van der Waals surface area contributed by atoms with E-state index in [4.69, 9.17) is 10.5 Å². The third-order valence-electron chi connectivity index (χ3n) is 3.57. The van der Waals surface area contributed by atoms with Crippen LogP contribution in [-0.2, 0) is 11.5 Å². The molecule has 0 bridgehead atoms. The predicted octanol–water partition coefficient (Wildman–Crippen LogP) is 2.88. The maximum absolute atomic E-state index is 14.5. The Morgan fingerprint density at radius 3 is 2.59 bits per heavy atom. The Kier molecular flexibility index (Phi) is 6.06. The van der Waals surface area contributed by atoms with Gasteiger partial charge in [-0.25, -0.2) is 23.7 Å². The Morgan fingerprint density at radius 2 is 1.90 bits per heavy atom. The maximum atomic E-state index is 14.5. The number of nitrogens with zero attached hydrogens (tertiary/aromatic N) is 4. The van der Waals surface area contributed by atoms with Gasteiger partial charge < -0.3 is 15.0 Å². The molecule has 3 rings (SSSR count). The molecule has 0 fully saturated rings. The average molecular weight is 424 g/mol. The van der Waals surface area contributed by atoms with E-state index in [2.05, 4.69) is 19.7 Å². The van der Waals surface area contributed by atoms with Gasteiger partial charge in [0.15, 0.2) is 34.6 Å². The number of nitrogens with one attached hydrogen (secondary N) is 1. The maximum Gasteiger partial charge on any atom is 0.228 e. The molecular weight excluding hydrogens is 409 g/mol. The molecule has 2 aromatic heterocycles. The highest BCUT2D eigenvalue weighted by Gasteiger charge is 2.25. The minimum absolute atomic E-state index is 0.00936. The lowest BCUT2D eigenvalue weighted by molar-refractivity contribution is 0.401. The Labute approximate surface area is 167 Å². The van der Waals surface area contributed by atoms with Crippen LogP contribution in [0.3, 0.4) is 0 Å². The summed E-state index contributed by atoms with van der Waals surface area (Å²) in [5, 5.41) is 0. The van der Waals surface area contributed by atoms with Crippen molar-refractivity contribution in [1.82, 2.24) is 19.3 Å². The van der Waals surface area contributed by atoms with Gasteiger partial charge in [-0.3, -0.25) is 0 Å². The van der Waals surface area contributed by atoms with Crippen LogP contribution < -0.4 is 15.2 Å². The highest BCUT2D eigenvalue weighted by Crippen LogP contribution is 2.35. The fourth-order valence-electron chi connectivity index (χ4n) is 2.21. The fourth-order valence-corrected chi connectivity index (χ4v) is 2.76. The molecule has 8 nitrogen and oxygen atoms in total. The minimum atomic E-state index is -1.97. The van der Waals surface area contributed by atoms with Gasteiger partial charge in [-0.2, -0.15) is 9.11 Å². The molecule has 152 valence electrons. The number of anilines is 2. The van der Waals surface area contributed by atoms with E-state index in [9.17, 15) is 17.7 Å². The van der Waals surface area contributed by atoms with Crippen LogP contribution in [0.4, 0.5) is 24.8 Å². The van der Waals surface area contributed by atoms with Gasteiger partial charge in [0.1, 0.15) is 0 Å². The van der Waals surface area contributed by atoms with Crippen LogP contribution in [0.15, 0.2) is 36.7 Å². The van der Waals surface area contributed by atoms with Gasteiger partial charge in [-0.05, 0) is 18.2 Å². The van der Waals surface area contributed by atoms with E-state index in [1.54, 1.807) is 12.1 Å². The van der Waals surface area contributed by atoms with Gasteiger partial charge in [0, 0.05) is 32.6 Å². The van der Waals surface area contributed by atoms with Crippen LogP contribution in [-0.4, -0.2) is 37.9 Å². The van der Waals surface area contributed by atoms with Crippen LogP contribution in [0.1, 0.15) is 0 Å². The predicted molar refractivity (Wildman–Crippen MR) is 102 cm³/mol. The molecule has 3 aromatic rings. The SMILES string of the molecule is CN(C)[S+]([O-])Nc1c(F)cc(Oc2ncccc2-c2ccnc(N)n2)c(F)c1F. The fraction of sp³-hybridized carbons (Fsp3) is 0.118. The zero-order valence-corrected chi connectivity index (χ0v) is 16.0. The molecule has 0 saturated heterocycles. The average Bonchev–Trinajstić information content (AvgIpc) is 2.69. The standard InChI is InChI=1S/C17H15F3N6O2S/c1-26(2)29(27)25-15-10(18)8-12(13(19)14(15)20)28-16-9(4-3-6-22-16)11-5-7-23-17(21)24-11/h3-8,25H,1-2H3,(H2,21,23,24). The summed E-state index contributed by atoms with van der Waals surface area (Å²) < 4.78 is 63.4. The summed E-state index contributed by atoms with van der Waals surface area (Å²) in [5.41, 5.74) is 5.30. The molecule has 0 aliphatic heterocycles. The lowest BCUT2D eigenvalue weighted by Crippen LogP contribution is -2.30. The molecule has 1 aromatic carbocycles. The number of hydrogen-bond donors (Lipinski definition) is 2. The zero-order chi connectivity index (χ0) is 21.1. The lowest BCUT2D eigenvalue weighted by atomic mass is 10.2. The highest BCUT2D eigenvalue weighted by molar-refractivity contribution is 7.90. The van der Waals surface area contributed by atoms with E-state index >= 15 is 0 Å². The van der Waals surface area contributed by atoms with Crippen LogP contribution in [0.2, 0.25) is 0 Å². The second-order valence-electron chi connectivity index (χ2n) is 5.78. The number of ether oxygens (including phenoxy) is 1. The van der Waals surface area contributed by atoms with Crippen LogP contribution in [0.5, 0.6) is 11.6 Å². The van der Waals surface area contributed by atoms with Crippen LogP contribution >= 0.6 is 0 Å². The van der Waals surface area contributed by atoms with Crippen LogP contribution in [0, 0.1) is 17.5 Å². The number of aromatic nitrogens is 3. The first-order valence-corrected chi connectivity index (χ1v) is 9.13. The number of nitrogens with two attached hydrogens (primary N) is 1. The Morgan fingerprint density at radius 1 is 1.14 bits per heavy atom. The number of halogens is 3. The van der Waals surface area contributed by atoms with E-state index in [-0.39, 0.29) is 11.8 Å². The first kappa shape index (κ1) is 20.6. The third-order valence-corrected chi connectivity index (χ3v) is 4.62. The molecule has 1 unspecified atom stereocenters. The summed E-state index contributed by atoms with van der Waals surface area (Å²) in [4.78, 5) is 11.8.